The minimum absolute atomic E-state index is 0.0237. The molecule has 1 aliphatic heterocycles. The predicted molar refractivity (Wildman–Crippen MR) is 191 cm³/mol. The number of benzene rings is 1. The lowest BCUT2D eigenvalue weighted by atomic mass is 9.95. The Hall–Kier alpha value is -5.66. The third-order valence-electron chi connectivity index (χ3n) is 9.07. The number of hydrogen-bond acceptors (Lipinski definition) is 13. The number of rotatable bonds is 15. The van der Waals surface area contributed by atoms with Gasteiger partial charge in [-0.2, -0.15) is 0 Å². The largest absolute Gasteiger partial charge is 0.467 e. The van der Waals surface area contributed by atoms with Crippen molar-refractivity contribution in [2.75, 3.05) is 25.6 Å². The molecule has 1 aliphatic rings. The van der Waals surface area contributed by atoms with Crippen LogP contribution in [0, 0.1) is 26.1 Å². The second kappa shape index (κ2) is 17.9. The highest BCUT2D eigenvalue weighted by atomic mass is 16.6. The smallest absolute Gasteiger partial charge is 0.408 e. The van der Waals surface area contributed by atoms with E-state index in [4.69, 9.17) is 9.47 Å². The monoisotopic (exact) mass is 760 g/mol. The van der Waals surface area contributed by atoms with Crippen molar-refractivity contribution in [3.63, 3.8) is 0 Å². The third-order valence-corrected chi connectivity index (χ3v) is 9.07. The van der Waals surface area contributed by atoms with Gasteiger partial charge in [0.25, 0.3) is 5.91 Å². The minimum Gasteiger partial charge on any atom is -0.467 e. The Morgan fingerprint density at radius 3 is 2.33 bits per heavy atom. The first kappa shape index (κ1) is 42.8. The number of aliphatic hydroxyl groups is 1. The van der Waals surface area contributed by atoms with Crippen molar-refractivity contribution in [2.24, 2.45) is 5.92 Å². The number of likely N-dealkylation sites (N-methyl/N-ethyl adjacent to an activating group) is 1. The molecule has 0 bridgehead atoms. The van der Waals surface area contributed by atoms with Gasteiger partial charge < -0.3 is 34.7 Å². The molecule has 6 atom stereocenters. The number of aliphatic hydroxyl groups excluding tert-OH is 1. The number of esters is 1. The summed E-state index contributed by atoms with van der Waals surface area (Å²) in [4.78, 5) is 102. The number of nitrogens with one attached hydrogen (secondary N) is 2. The first-order chi connectivity index (χ1) is 25.2. The maximum atomic E-state index is 15.0. The van der Waals surface area contributed by atoms with Gasteiger partial charge in [-0.05, 0) is 52.5 Å². The standard InChI is InChI=1S/C34H48N8O12/c1-9-19(2)26(37-33(48)54-34(4,5)6)31(46)40(22-12-10-13-23(41(49)50)28(22)42(51)52)25(16-21-17-35-18-36-21)30(45)39-15-11-14-24(39)29(44)38(7)27(20(3)43)32(47)53-8/h10,12-13,17-20,24-27,43H,9,11,14-16H2,1-8H3,(H,35,36)(H,37,48)/t19-,20+,24-,25-,26-,27-/m0/s1. The molecular formula is C34H48N8O12. The number of ether oxygens (including phenoxy) is 2. The zero-order chi connectivity index (χ0) is 40.7. The van der Waals surface area contributed by atoms with Crippen LogP contribution in [0.15, 0.2) is 30.7 Å². The Bertz CT molecular complexity index is 1710. The lowest BCUT2D eigenvalue weighted by Gasteiger charge is -2.38. The topological polar surface area (TPSA) is 261 Å². The summed E-state index contributed by atoms with van der Waals surface area (Å²) in [5.74, 6) is -4.22. The van der Waals surface area contributed by atoms with Crippen LogP contribution in [0.4, 0.5) is 21.9 Å². The summed E-state index contributed by atoms with van der Waals surface area (Å²) < 4.78 is 10.2. The van der Waals surface area contributed by atoms with E-state index in [0.717, 1.165) is 35.1 Å². The summed E-state index contributed by atoms with van der Waals surface area (Å²) in [7, 11) is 2.35. The second-order valence-electron chi connectivity index (χ2n) is 14.0. The third kappa shape index (κ3) is 9.85. The first-order valence-corrected chi connectivity index (χ1v) is 17.3. The summed E-state index contributed by atoms with van der Waals surface area (Å²) in [6, 6.07) is -2.76. The van der Waals surface area contributed by atoms with E-state index >= 15 is 0 Å². The number of aromatic amines is 1. The number of nitro groups is 2. The number of nitrogens with zero attached hydrogens (tertiary/aromatic N) is 6. The molecule has 2 aromatic rings. The highest BCUT2D eigenvalue weighted by molar-refractivity contribution is 6.07. The molecule has 0 saturated carbocycles. The highest BCUT2D eigenvalue weighted by Crippen LogP contribution is 2.39. The van der Waals surface area contributed by atoms with Crippen LogP contribution in [-0.2, 0) is 35.1 Å². The van der Waals surface area contributed by atoms with Gasteiger partial charge in [0.05, 0.1) is 29.4 Å². The van der Waals surface area contributed by atoms with Gasteiger partial charge in [0.2, 0.25) is 11.8 Å². The zero-order valence-electron chi connectivity index (χ0n) is 31.5. The fourth-order valence-corrected chi connectivity index (χ4v) is 6.30. The van der Waals surface area contributed by atoms with Crippen LogP contribution in [-0.4, -0.2) is 121 Å². The summed E-state index contributed by atoms with van der Waals surface area (Å²) in [6.07, 6.45) is 0.599. The first-order valence-electron chi connectivity index (χ1n) is 17.3. The molecule has 1 aromatic heterocycles. The summed E-state index contributed by atoms with van der Waals surface area (Å²) in [5.41, 5.74) is -3.39. The number of likely N-dealkylation sites (tertiary alicyclic amines) is 1. The van der Waals surface area contributed by atoms with E-state index in [1.807, 2.05) is 0 Å². The molecule has 0 spiro atoms. The maximum absolute atomic E-state index is 15.0. The molecular weight excluding hydrogens is 712 g/mol. The number of carbonyl (C=O) groups excluding carboxylic acids is 5. The summed E-state index contributed by atoms with van der Waals surface area (Å²) in [5, 5.41) is 37.6. The maximum Gasteiger partial charge on any atom is 0.408 e. The zero-order valence-corrected chi connectivity index (χ0v) is 31.5. The molecule has 20 nitrogen and oxygen atoms in total. The molecule has 2 heterocycles. The van der Waals surface area contributed by atoms with E-state index in [1.54, 1.807) is 34.6 Å². The summed E-state index contributed by atoms with van der Waals surface area (Å²) in [6.45, 7) is 9.42. The molecule has 20 heteroatoms. The van der Waals surface area contributed by atoms with Gasteiger partial charge in [-0.25, -0.2) is 14.6 Å². The molecule has 3 rings (SSSR count). The molecule has 1 aromatic carbocycles. The number of aromatic nitrogens is 2. The highest BCUT2D eigenvalue weighted by Gasteiger charge is 2.48. The quantitative estimate of drug-likeness (QED) is 0.134. The Labute approximate surface area is 311 Å². The fraction of sp³-hybridized carbons (Fsp3) is 0.588. The van der Waals surface area contributed by atoms with Gasteiger partial charge in [-0.15, -0.1) is 0 Å². The van der Waals surface area contributed by atoms with Crippen LogP contribution < -0.4 is 10.2 Å². The molecule has 296 valence electrons. The average molecular weight is 761 g/mol. The predicted octanol–water partition coefficient (Wildman–Crippen LogP) is 2.48. The van der Waals surface area contributed by atoms with Crippen molar-refractivity contribution in [1.82, 2.24) is 25.1 Å². The van der Waals surface area contributed by atoms with Gasteiger partial charge in [-0.3, -0.25) is 39.5 Å². The SMILES string of the molecule is CC[C@H](C)[C@H](NC(=O)OC(C)(C)C)C(=O)N(c1cccc([N+](=O)[O-])c1[N+](=O)[O-])[C@@H](Cc1cnc[nH]1)C(=O)N1CCC[C@H]1C(=O)N(C)[C@H](C(=O)OC)[C@@H](C)O. The van der Waals surface area contributed by atoms with Gasteiger partial charge in [0.15, 0.2) is 6.04 Å². The van der Waals surface area contributed by atoms with Crippen LogP contribution in [0.5, 0.6) is 0 Å². The van der Waals surface area contributed by atoms with Crippen LogP contribution in [0.25, 0.3) is 0 Å². The number of methoxy groups -OCH3 is 1. The number of alkyl carbamates (subject to hydrolysis) is 1. The van der Waals surface area contributed by atoms with Gasteiger partial charge in [-0.1, -0.05) is 26.3 Å². The Kier molecular flexibility index (Phi) is 14.2. The van der Waals surface area contributed by atoms with E-state index in [-0.39, 0.29) is 31.5 Å². The molecule has 0 unspecified atom stereocenters. The number of para-hydroxylation sites is 1. The van der Waals surface area contributed by atoms with Crippen molar-refractivity contribution in [3.05, 3.63) is 56.6 Å². The van der Waals surface area contributed by atoms with Crippen molar-refractivity contribution in [3.8, 4) is 0 Å². The Morgan fingerprint density at radius 1 is 1.15 bits per heavy atom. The molecule has 1 fully saturated rings. The molecule has 3 N–H and O–H groups in total. The van der Waals surface area contributed by atoms with E-state index in [9.17, 15) is 49.3 Å². The van der Waals surface area contributed by atoms with E-state index in [2.05, 4.69) is 15.3 Å². The molecule has 1 saturated heterocycles. The number of anilines is 1. The van der Waals surface area contributed by atoms with E-state index < -0.39 is 98.5 Å². The molecule has 0 aliphatic carbocycles. The number of hydrogen-bond donors (Lipinski definition) is 3. The Morgan fingerprint density at radius 2 is 1.81 bits per heavy atom. The van der Waals surface area contributed by atoms with E-state index in [1.165, 1.54) is 31.4 Å². The molecule has 54 heavy (non-hydrogen) atoms. The Balaban J connectivity index is 2.31. The normalized spacial score (nSPS) is 17.0. The van der Waals surface area contributed by atoms with Crippen molar-refractivity contribution in [2.45, 2.75) is 103 Å². The van der Waals surface area contributed by atoms with Crippen molar-refractivity contribution in [1.29, 1.82) is 0 Å². The number of H-pyrrole nitrogens is 1. The number of nitro benzene ring substituents is 2. The van der Waals surface area contributed by atoms with Crippen LogP contribution >= 0.6 is 0 Å². The van der Waals surface area contributed by atoms with Crippen LogP contribution in [0.3, 0.4) is 0 Å². The van der Waals surface area contributed by atoms with Crippen molar-refractivity contribution >= 4 is 46.8 Å². The van der Waals surface area contributed by atoms with Crippen molar-refractivity contribution < 1.29 is 48.4 Å². The lowest BCUT2D eigenvalue weighted by Crippen LogP contribution is -2.61. The second-order valence-corrected chi connectivity index (χ2v) is 14.0. The molecule has 0 radical (unpaired) electrons. The minimum atomic E-state index is -1.72. The number of imidazole rings is 1. The number of amides is 4. The van der Waals surface area contributed by atoms with Crippen LogP contribution in [0.1, 0.15) is 66.5 Å². The van der Waals surface area contributed by atoms with Gasteiger partial charge >= 0.3 is 23.4 Å². The molecule has 4 amide bonds. The lowest BCUT2D eigenvalue weighted by molar-refractivity contribution is -0.422. The van der Waals surface area contributed by atoms with Gasteiger partial charge in [0, 0.05) is 38.0 Å². The number of carbonyl (C=O) groups is 5. The summed E-state index contributed by atoms with van der Waals surface area (Å²) >= 11 is 0. The van der Waals surface area contributed by atoms with Gasteiger partial charge in [0.1, 0.15) is 29.4 Å². The fourth-order valence-electron chi connectivity index (χ4n) is 6.30. The van der Waals surface area contributed by atoms with E-state index in [0.29, 0.717) is 6.42 Å². The van der Waals surface area contributed by atoms with Crippen LogP contribution in [0.2, 0.25) is 0 Å². The average Bonchev–Trinajstić information content (AvgIpc) is 3.81.